The normalized spacial score (nSPS) is 16.6. The average molecular weight is 378 g/mol. The number of nitrogens with one attached hydrogen (secondary N) is 1. The van der Waals surface area contributed by atoms with Gasteiger partial charge in [-0.1, -0.05) is 30.3 Å². The third-order valence-electron chi connectivity index (χ3n) is 4.88. The van der Waals surface area contributed by atoms with Gasteiger partial charge in [0.25, 0.3) is 0 Å². The summed E-state index contributed by atoms with van der Waals surface area (Å²) in [6.07, 6.45) is 1.01. The van der Waals surface area contributed by atoms with Crippen LogP contribution in [0.2, 0.25) is 0 Å². The van der Waals surface area contributed by atoms with Crippen molar-refractivity contribution in [1.82, 2.24) is 4.90 Å². The van der Waals surface area contributed by atoms with E-state index < -0.39 is 0 Å². The maximum Gasteiger partial charge on any atom is 0.238 e. The first-order chi connectivity index (χ1) is 13.2. The Bertz CT molecular complexity index is 923. The number of fused-ring (bicyclic) bond motifs is 1. The van der Waals surface area contributed by atoms with E-state index in [-0.39, 0.29) is 11.9 Å². The zero-order chi connectivity index (χ0) is 18.6. The summed E-state index contributed by atoms with van der Waals surface area (Å²) >= 11 is 1.81. The molecule has 4 rings (SSSR count). The molecule has 1 aliphatic rings. The van der Waals surface area contributed by atoms with Crippen molar-refractivity contribution in [1.29, 1.82) is 0 Å². The Balaban J connectivity index is 1.43. The van der Waals surface area contributed by atoms with E-state index in [9.17, 15) is 4.79 Å². The fourth-order valence-electron chi connectivity index (χ4n) is 3.43. The number of carbonyl (C=O) groups excluding carboxylic acids is 1. The van der Waals surface area contributed by atoms with Gasteiger partial charge in [-0.15, -0.1) is 11.3 Å². The summed E-state index contributed by atoms with van der Waals surface area (Å²) in [6.45, 7) is 3.45. The first-order valence-corrected chi connectivity index (χ1v) is 10.0. The van der Waals surface area contributed by atoms with E-state index in [2.05, 4.69) is 28.6 Å². The standard InChI is InChI=1S/C22H22N2O2S/c1-16-18-12-14-27-21(18)11-13-24(16)15-22(25)23-19-9-5-6-10-20(19)26-17-7-3-2-4-8-17/h2-10,12,14,16H,11,13,15H2,1H3,(H,23,25)/t16-/m0/s1. The van der Waals surface area contributed by atoms with Gasteiger partial charge in [0.2, 0.25) is 5.91 Å². The number of hydrogen-bond acceptors (Lipinski definition) is 4. The molecule has 0 aliphatic carbocycles. The van der Waals surface area contributed by atoms with Crippen molar-refractivity contribution in [3.05, 3.63) is 76.5 Å². The summed E-state index contributed by atoms with van der Waals surface area (Å²) in [5.74, 6) is 1.36. The van der Waals surface area contributed by atoms with E-state index in [1.165, 1.54) is 10.4 Å². The first-order valence-electron chi connectivity index (χ1n) is 9.13. The van der Waals surface area contributed by atoms with E-state index in [0.29, 0.717) is 18.0 Å². The molecule has 1 aliphatic heterocycles. The molecule has 0 fully saturated rings. The molecule has 2 aromatic carbocycles. The van der Waals surface area contributed by atoms with Gasteiger partial charge < -0.3 is 10.1 Å². The number of anilines is 1. The highest BCUT2D eigenvalue weighted by Gasteiger charge is 2.26. The van der Waals surface area contributed by atoms with Crippen molar-refractivity contribution < 1.29 is 9.53 Å². The average Bonchev–Trinajstić information content (AvgIpc) is 3.16. The molecule has 0 saturated carbocycles. The van der Waals surface area contributed by atoms with Gasteiger partial charge in [0.1, 0.15) is 5.75 Å². The van der Waals surface area contributed by atoms with E-state index in [1.807, 2.05) is 65.9 Å². The summed E-state index contributed by atoms with van der Waals surface area (Å²) in [7, 11) is 0. The number of nitrogens with zero attached hydrogens (tertiary/aromatic N) is 1. The van der Waals surface area contributed by atoms with Crippen LogP contribution in [-0.4, -0.2) is 23.9 Å². The molecule has 0 spiro atoms. The SMILES string of the molecule is C[C@H]1c2ccsc2CCN1CC(=O)Nc1ccccc1Oc1ccccc1. The molecule has 3 aromatic rings. The second-order valence-corrected chi connectivity index (χ2v) is 7.66. The molecule has 1 aromatic heterocycles. The van der Waals surface area contributed by atoms with E-state index in [4.69, 9.17) is 4.74 Å². The summed E-state index contributed by atoms with van der Waals surface area (Å²) < 4.78 is 5.93. The number of rotatable bonds is 5. The van der Waals surface area contributed by atoms with Gasteiger partial charge in [0.05, 0.1) is 12.2 Å². The molecule has 0 bridgehead atoms. The van der Waals surface area contributed by atoms with Crippen LogP contribution in [0.4, 0.5) is 5.69 Å². The fraction of sp³-hybridized carbons (Fsp3) is 0.227. The molecule has 4 nitrogen and oxygen atoms in total. The fourth-order valence-corrected chi connectivity index (χ4v) is 4.39. The number of ether oxygens (including phenoxy) is 1. The van der Waals surface area contributed by atoms with Crippen molar-refractivity contribution in [3.8, 4) is 11.5 Å². The molecule has 1 amide bonds. The van der Waals surface area contributed by atoms with Crippen LogP contribution in [0, 0.1) is 0 Å². The van der Waals surface area contributed by atoms with Crippen LogP contribution in [-0.2, 0) is 11.2 Å². The Morgan fingerprint density at radius 2 is 1.93 bits per heavy atom. The summed E-state index contributed by atoms with van der Waals surface area (Å²) in [4.78, 5) is 16.3. The second kappa shape index (κ2) is 7.94. The van der Waals surface area contributed by atoms with Crippen LogP contribution in [0.1, 0.15) is 23.4 Å². The van der Waals surface area contributed by atoms with Crippen LogP contribution in [0.25, 0.3) is 0 Å². The smallest absolute Gasteiger partial charge is 0.238 e. The highest BCUT2D eigenvalue weighted by atomic mass is 32.1. The molecular formula is C22H22N2O2S. The van der Waals surface area contributed by atoms with Gasteiger partial charge in [-0.3, -0.25) is 9.69 Å². The van der Waals surface area contributed by atoms with Crippen molar-refractivity contribution in [3.63, 3.8) is 0 Å². The van der Waals surface area contributed by atoms with Gasteiger partial charge in [-0.2, -0.15) is 0 Å². The first kappa shape index (κ1) is 17.8. The molecular weight excluding hydrogens is 356 g/mol. The number of hydrogen-bond donors (Lipinski definition) is 1. The van der Waals surface area contributed by atoms with E-state index in [0.717, 1.165) is 18.7 Å². The lowest BCUT2D eigenvalue weighted by molar-refractivity contribution is -0.117. The van der Waals surface area contributed by atoms with Crippen LogP contribution in [0.15, 0.2) is 66.0 Å². The van der Waals surface area contributed by atoms with Crippen LogP contribution in [0.5, 0.6) is 11.5 Å². The molecule has 0 unspecified atom stereocenters. The topological polar surface area (TPSA) is 41.6 Å². The summed E-state index contributed by atoms with van der Waals surface area (Å²) in [5.41, 5.74) is 2.04. The Labute approximate surface area is 163 Å². The monoisotopic (exact) mass is 378 g/mol. The van der Waals surface area contributed by atoms with Crippen LogP contribution >= 0.6 is 11.3 Å². The Hall–Kier alpha value is -2.63. The lowest BCUT2D eigenvalue weighted by atomic mass is 10.0. The molecule has 5 heteroatoms. The van der Waals surface area contributed by atoms with Gasteiger partial charge in [0.15, 0.2) is 5.75 Å². The minimum Gasteiger partial charge on any atom is -0.455 e. The van der Waals surface area contributed by atoms with E-state index >= 15 is 0 Å². The van der Waals surface area contributed by atoms with Crippen molar-refractivity contribution in [2.75, 3.05) is 18.4 Å². The quantitative estimate of drug-likeness (QED) is 0.672. The van der Waals surface area contributed by atoms with Gasteiger partial charge in [-0.25, -0.2) is 0 Å². The lowest BCUT2D eigenvalue weighted by Crippen LogP contribution is -2.39. The zero-order valence-corrected chi connectivity index (χ0v) is 16.0. The van der Waals surface area contributed by atoms with Gasteiger partial charge >= 0.3 is 0 Å². The van der Waals surface area contributed by atoms with Crippen molar-refractivity contribution in [2.45, 2.75) is 19.4 Å². The number of carbonyl (C=O) groups is 1. The predicted octanol–water partition coefficient (Wildman–Crippen LogP) is 5.10. The van der Waals surface area contributed by atoms with Crippen molar-refractivity contribution >= 4 is 22.9 Å². The van der Waals surface area contributed by atoms with Gasteiger partial charge in [-0.05, 0) is 54.6 Å². The highest BCUT2D eigenvalue weighted by molar-refractivity contribution is 7.10. The van der Waals surface area contributed by atoms with Crippen LogP contribution in [0.3, 0.4) is 0 Å². The second-order valence-electron chi connectivity index (χ2n) is 6.66. The zero-order valence-electron chi connectivity index (χ0n) is 15.2. The summed E-state index contributed by atoms with van der Waals surface area (Å²) in [5, 5.41) is 5.15. The third kappa shape index (κ3) is 4.04. The maximum absolute atomic E-state index is 12.7. The van der Waals surface area contributed by atoms with Gasteiger partial charge in [0, 0.05) is 17.5 Å². The molecule has 2 heterocycles. The maximum atomic E-state index is 12.7. The predicted molar refractivity (Wildman–Crippen MR) is 110 cm³/mol. The Kier molecular flexibility index (Phi) is 5.23. The number of thiophene rings is 1. The largest absolute Gasteiger partial charge is 0.455 e. The Morgan fingerprint density at radius 1 is 1.15 bits per heavy atom. The third-order valence-corrected chi connectivity index (χ3v) is 5.88. The lowest BCUT2D eigenvalue weighted by Gasteiger charge is -2.32. The molecule has 27 heavy (non-hydrogen) atoms. The highest BCUT2D eigenvalue weighted by Crippen LogP contribution is 2.33. The molecule has 1 N–H and O–H groups in total. The Morgan fingerprint density at radius 3 is 2.78 bits per heavy atom. The molecule has 138 valence electrons. The molecule has 1 atom stereocenters. The number of benzene rings is 2. The molecule has 0 saturated heterocycles. The number of para-hydroxylation sites is 3. The molecule has 0 radical (unpaired) electrons. The summed E-state index contributed by atoms with van der Waals surface area (Å²) in [6, 6.07) is 19.6. The van der Waals surface area contributed by atoms with E-state index in [1.54, 1.807) is 0 Å². The minimum atomic E-state index is -0.0235. The van der Waals surface area contributed by atoms with Crippen molar-refractivity contribution in [2.24, 2.45) is 0 Å². The van der Waals surface area contributed by atoms with Crippen LogP contribution < -0.4 is 10.1 Å². The minimum absolute atomic E-state index is 0.0235. The number of amides is 1.